The second kappa shape index (κ2) is 5.54. The number of ether oxygens (including phenoxy) is 2. The highest BCUT2D eigenvalue weighted by Crippen LogP contribution is 2.42. The van der Waals surface area contributed by atoms with Crippen LogP contribution < -0.4 is 14.8 Å². The maximum Gasteiger partial charge on any atom is 0.246 e. The fraction of sp³-hybridized carbons (Fsp3) is 0.600. The van der Waals surface area contributed by atoms with Gasteiger partial charge in [0.25, 0.3) is 0 Å². The SMILES string of the molecule is CC1(C)Oc2cc(Br)c(CCN3CCNCC3)cc2O1. The summed E-state index contributed by atoms with van der Waals surface area (Å²) in [6.07, 6.45) is 1.03. The van der Waals surface area contributed by atoms with Gasteiger partial charge in [-0.3, -0.25) is 0 Å². The van der Waals surface area contributed by atoms with Crippen molar-refractivity contribution in [3.05, 3.63) is 22.2 Å². The summed E-state index contributed by atoms with van der Waals surface area (Å²) < 4.78 is 12.7. The van der Waals surface area contributed by atoms with Crippen LogP contribution in [-0.4, -0.2) is 43.4 Å². The zero-order valence-electron chi connectivity index (χ0n) is 12.0. The Bertz CT molecular complexity index is 499. The summed E-state index contributed by atoms with van der Waals surface area (Å²) in [5.74, 6) is 1.13. The molecule has 0 aromatic heterocycles. The molecular formula is C15H21BrN2O2. The van der Waals surface area contributed by atoms with Gasteiger partial charge in [0.05, 0.1) is 0 Å². The van der Waals surface area contributed by atoms with Crippen LogP contribution in [0.5, 0.6) is 11.5 Å². The van der Waals surface area contributed by atoms with E-state index in [1.807, 2.05) is 19.9 Å². The van der Waals surface area contributed by atoms with Gasteiger partial charge in [0, 0.05) is 51.0 Å². The molecule has 1 aromatic carbocycles. The Morgan fingerprint density at radius 3 is 2.55 bits per heavy atom. The van der Waals surface area contributed by atoms with E-state index in [9.17, 15) is 0 Å². The van der Waals surface area contributed by atoms with Crippen molar-refractivity contribution < 1.29 is 9.47 Å². The monoisotopic (exact) mass is 340 g/mol. The molecule has 4 nitrogen and oxygen atoms in total. The number of hydrogen-bond acceptors (Lipinski definition) is 4. The molecule has 2 aliphatic heterocycles. The molecule has 1 fully saturated rings. The number of hydrogen-bond donors (Lipinski definition) is 1. The molecule has 2 aliphatic rings. The number of nitrogens with one attached hydrogen (secondary N) is 1. The first kappa shape index (κ1) is 14.2. The molecule has 3 rings (SSSR count). The summed E-state index contributed by atoms with van der Waals surface area (Å²) in [7, 11) is 0. The van der Waals surface area contributed by atoms with Crippen molar-refractivity contribution in [1.29, 1.82) is 0 Å². The third-order valence-corrected chi connectivity index (χ3v) is 4.47. The molecule has 0 radical (unpaired) electrons. The van der Waals surface area contributed by atoms with Gasteiger partial charge >= 0.3 is 0 Å². The van der Waals surface area contributed by atoms with E-state index in [2.05, 4.69) is 32.2 Å². The molecule has 2 heterocycles. The van der Waals surface area contributed by atoms with Gasteiger partial charge in [-0.1, -0.05) is 15.9 Å². The predicted molar refractivity (Wildman–Crippen MR) is 82.5 cm³/mol. The van der Waals surface area contributed by atoms with E-state index in [4.69, 9.17) is 9.47 Å². The molecule has 0 bridgehead atoms. The normalized spacial score (nSPS) is 21.1. The van der Waals surface area contributed by atoms with Crippen LogP contribution in [0.15, 0.2) is 16.6 Å². The van der Waals surface area contributed by atoms with Gasteiger partial charge in [0.2, 0.25) is 5.79 Å². The van der Waals surface area contributed by atoms with Gasteiger partial charge in [-0.05, 0) is 24.1 Å². The number of nitrogens with zero attached hydrogens (tertiary/aromatic N) is 1. The highest BCUT2D eigenvalue weighted by Gasteiger charge is 2.32. The first-order chi connectivity index (χ1) is 9.53. The van der Waals surface area contributed by atoms with E-state index in [1.165, 1.54) is 5.56 Å². The Hall–Kier alpha value is -0.780. The standard InChI is InChI=1S/C15H21BrN2O2/c1-15(2)19-13-9-11(12(16)10-14(13)20-15)3-6-18-7-4-17-5-8-18/h9-10,17H,3-8H2,1-2H3. The van der Waals surface area contributed by atoms with Crippen LogP contribution in [0.2, 0.25) is 0 Å². The number of piperazine rings is 1. The average molecular weight is 341 g/mol. The lowest BCUT2D eigenvalue weighted by atomic mass is 10.1. The van der Waals surface area contributed by atoms with Gasteiger partial charge < -0.3 is 19.7 Å². The summed E-state index contributed by atoms with van der Waals surface area (Å²) >= 11 is 3.65. The van der Waals surface area contributed by atoms with Gasteiger partial charge in [0.15, 0.2) is 11.5 Å². The number of fused-ring (bicyclic) bond motifs is 1. The molecule has 1 aromatic rings. The Labute approximate surface area is 128 Å². The molecule has 0 spiro atoms. The van der Waals surface area contributed by atoms with Gasteiger partial charge in [-0.25, -0.2) is 0 Å². The molecule has 0 atom stereocenters. The Kier molecular flexibility index (Phi) is 3.93. The average Bonchev–Trinajstić information content (AvgIpc) is 2.70. The zero-order chi connectivity index (χ0) is 14.2. The van der Waals surface area contributed by atoms with Crippen LogP contribution in [0, 0.1) is 0 Å². The van der Waals surface area contributed by atoms with Gasteiger partial charge in [-0.15, -0.1) is 0 Å². The van der Waals surface area contributed by atoms with Gasteiger partial charge in [0.1, 0.15) is 0 Å². The third-order valence-electron chi connectivity index (χ3n) is 3.73. The van der Waals surface area contributed by atoms with Crippen LogP contribution >= 0.6 is 15.9 Å². The Morgan fingerprint density at radius 1 is 1.20 bits per heavy atom. The molecule has 20 heavy (non-hydrogen) atoms. The van der Waals surface area contributed by atoms with E-state index in [-0.39, 0.29) is 0 Å². The predicted octanol–water partition coefficient (Wildman–Crippen LogP) is 2.40. The maximum absolute atomic E-state index is 5.82. The van der Waals surface area contributed by atoms with Crippen molar-refractivity contribution in [3.8, 4) is 11.5 Å². The fourth-order valence-electron chi connectivity index (χ4n) is 2.69. The lowest BCUT2D eigenvalue weighted by molar-refractivity contribution is -0.0431. The van der Waals surface area contributed by atoms with Crippen LogP contribution in [0.25, 0.3) is 0 Å². The summed E-state index contributed by atoms with van der Waals surface area (Å²) in [5.41, 5.74) is 1.28. The van der Waals surface area contributed by atoms with E-state index < -0.39 is 5.79 Å². The smallest absolute Gasteiger partial charge is 0.246 e. The summed E-state index contributed by atoms with van der Waals surface area (Å²) in [6, 6.07) is 4.13. The molecule has 0 aliphatic carbocycles. The number of benzene rings is 1. The van der Waals surface area contributed by atoms with E-state index >= 15 is 0 Å². The second-order valence-electron chi connectivity index (χ2n) is 5.84. The first-order valence-electron chi connectivity index (χ1n) is 7.17. The summed E-state index contributed by atoms with van der Waals surface area (Å²) in [4.78, 5) is 2.50. The molecule has 5 heteroatoms. The lowest BCUT2D eigenvalue weighted by Crippen LogP contribution is -2.44. The minimum absolute atomic E-state index is 0.557. The highest BCUT2D eigenvalue weighted by atomic mass is 79.9. The molecule has 110 valence electrons. The van der Waals surface area contributed by atoms with Crippen LogP contribution in [0.4, 0.5) is 0 Å². The van der Waals surface area contributed by atoms with Crippen molar-refractivity contribution in [2.75, 3.05) is 32.7 Å². The van der Waals surface area contributed by atoms with E-state index in [0.29, 0.717) is 0 Å². The van der Waals surface area contributed by atoms with Crippen LogP contribution in [-0.2, 0) is 6.42 Å². The molecule has 1 saturated heterocycles. The minimum atomic E-state index is -0.557. The van der Waals surface area contributed by atoms with Crippen molar-refractivity contribution >= 4 is 15.9 Å². The van der Waals surface area contributed by atoms with Crippen molar-refractivity contribution in [3.63, 3.8) is 0 Å². The third kappa shape index (κ3) is 3.10. The molecule has 0 amide bonds. The topological polar surface area (TPSA) is 33.7 Å². The molecule has 0 unspecified atom stereocenters. The highest BCUT2D eigenvalue weighted by molar-refractivity contribution is 9.10. The summed E-state index contributed by atoms with van der Waals surface area (Å²) in [6.45, 7) is 9.41. The second-order valence-corrected chi connectivity index (χ2v) is 6.69. The zero-order valence-corrected chi connectivity index (χ0v) is 13.6. The number of rotatable bonds is 3. The summed E-state index contributed by atoms with van der Waals surface area (Å²) in [5, 5.41) is 3.38. The molecule has 1 N–H and O–H groups in total. The van der Waals surface area contributed by atoms with E-state index in [1.54, 1.807) is 0 Å². The molecular weight excluding hydrogens is 320 g/mol. The van der Waals surface area contributed by atoms with Crippen LogP contribution in [0.1, 0.15) is 19.4 Å². The van der Waals surface area contributed by atoms with Crippen molar-refractivity contribution in [2.24, 2.45) is 0 Å². The van der Waals surface area contributed by atoms with Crippen molar-refractivity contribution in [2.45, 2.75) is 26.1 Å². The van der Waals surface area contributed by atoms with Gasteiger partial charge in [-0.2, -0.15) is 0 Å². The first-order valence-corrected chi connectivity index (χ1v) is 7.96. The minimum Gasteiger partial charge on any atom is -0.449 e. The maximum atomic E-state index is 5.82. The van der Waals surface area contributed by atoms with Crippen LogP contribution in [0.3, 0.4) is 0 Å². The Balaban J connectivity index is 1.68. The van der Waals surface area contributed by atoms with Crippen molar-refractivity contribution in [1.82, 2.24) is 10.2 Å². The number of halogens is 1. The molecule has 0 saturated carbocycles. The lowest BCUT2D eigenvalue weighted by Gasteiger charge is -2.27. The largest absolute Gasteiger partial charge is 0.449 e. The fourth-order valence-corrected chi connectivity index (χ4v) is 3.21. The quantitative estimate of drug-likeness (QED) is 0.916. The van der Waals surface area contributed by atoms with E-state index in [0.717, 1.165) is 55.1 Å². The Morgan fingerprint density at radius 2 is 1.85 bits per heavy atom.